The Bertz CT molecular complexity index is 1150. The first-order valence-corrected chi connectivity index (χ1v) is 10.9. The van der Waals surface area contributed by atoms with E-state index in [4.69, 9.17) is 0 Å². The molecule has 202 valence electrons. The third kappa shape index (κ3) is 5.42. The standard InChI is InChI=1S/C23H22F7N3O4/c1-12(37-20(36)31-11-21(24,25)22(26,27)23(28,29)30)18(34)32-17-15-9-4-3-7-13(15)14-8-5-6-10-16(14)33(2)19(17)35/h3-4,7-10,12,17H,5-6,11H2,1-2H3,(H,31,36)(H,32,34)/t12-,17-/m0/s1. The summed E-state index contributed by atoms with van der Waals surface area (Å²) >= 11 is 0. The lowest BCUT2D eigenvalue weighted by atomic mass is 9.91. The molecule has 14 heteroatoms. The molecular weight excluding hydrogens is 515 g/mol. The molecule has 37 heavy (non-hydrogen) atoms. The molecule has 0 saturated heterocycles. The molecule has 0 fully saturated rings. The zero-order valence-electron chi connectivity index (χ0n) is 19.5. The Morgan fingerprint density at radius 1 is 1.08 bits per heavy atom. The highest BCUT2D eigenvalue weighted by Gasteiger charge is 2.72. The van der Waals surface area contributed by atoms with E-state index < -0.39 is 54.6 Å². The fraction of sp³-hybridized carbons (Fsp3) is 0.435. The van der Waals surface area contributed by atoms with Gasteiger partial charge >= 0.3 is 24.1 Å². The third-order valence-corrected chi connectivity index (χ3v) is 5.84. The average Bonchev–Trinajstić information content (AvgIpc) is 2.92. The van der Waals surface area contributed by atoms with Crippen molar-refractivity contribution in [3.8, 4) is 0 Å². The van der Waals surface area contributed by atoms with Crippen LogP contribution >= 0.6 is 0 Å². The highest BCUT2D eigenvalue weighted by Crippen LogP contribution is 2.46. The Morgan fingerprint density at radius 2 is 1.70 bits per heavy atom. The summed E-state index contributed by atoms with van der Waals surface area (Å²) < 4.78 is 93.9. The number of benzene rings is 1. The second kappa shape index (κ2) is 10.1. The van der Waals surface area contributed by atoms with Gasteiger partial charge in [-0.15, -0.1) is 0 Å². The van der Waals surface area contributed by atoms with Gasteiger partial charge in [-0.2, -0.15) is 30.7 Å². The van der Waals surface area contributed by atoms with E-state index in [0.29, 0.717) is 23.2 Å². The van der Waals surface area contributed by atoms with Crippen LogP contribution in [0.3, 0.4) is 0 Å². The smallest absolute Gasteiger partial charge is 0.436 e. The van der Waals surface area contributed by atoms with E-state index in [1.807, 2.05) is 12.2 Å². The van der Waals surface area contributed by atoms with Crippen molar-refractivity contribution in [1.82, 2.24) is 15.5 Å². The van der Waals surface area contributed by atoms with Gasteiger partial charge in [-0.1, -0.05) is 36.4 Å². The molecule has 0 bridgehead atoms. The highest BCUT2D eigenvalue weighted by molar-refractivity contribution is 5.98. The van der Waals surface area contributed by atoms with Gasteiger partial charge in [0.25, 0.3) is 11.8 Å². The van der Waals surface area contributed by atoms with E-state index in [0.717, 1.165) is 24.2 Å². The van der Waals surface area contributed by atoms with Crippen LogP contribution in [0.25, 0.3) is 5.57 Å². The summed E-state index contributed by atoms with van der Waals surface area (Å²) in [5.41, 5.74) is 2.54. The molecule has 1 heterocycles. The van der Waals surface area contributed by atoms with E-state index in [1.54, 1.807) is 24.3 Å². The lowest BCUT2D eigenvalue weighted by Gasteiger charge is -2.28. The van der Waals surface area contributed by atoms with Gasteiger partial charge in [0.1, 0.15) is 6.04 Å². The summed E-state index contributed by atoms with van der Waals surface area (Å²) in [6.45, 7) is -1.41. The Balaban J connectivity index is 1.71. The van der Waals surface area contributed by atoms with Crippen molar-refractivity contribution in [2.24, 2.45) is 0 Å². The van der Waals surface area contributed by atoms with Crippen LogP contribution in [0, 0.1) is 0 Å². The third-order valence-electron chi connectivity index (χ3n) is 5.84. The van der Waals surface area contributed by atoms with E-state index in [1.165, 1.54) is 11.9 Å². The molecule has 0 radical (unpaired) electrons. The summed E-state index contributed by atoms with van der Waals surface area (Å²) in [6, 6.07) is 5.54. The lowest BCUT2D eigenvalue weighted by Crippen LogP contribution is -2.57. The van der Waals surface area contributed by atoms with Crippen LogP contribution in [0.4, 0.5) is 35.5 Å². The van der Waals surface area contributed by atoms with Crippen LogP contribution < -0.4 is 10.6 Å². The normalized spacial score (nSPS) is 19.0. The fourth-order valence-corrected chi connectivity index (χ4v) is 3.82. The van der Waals surface area contributed by atoms with Crippen LogP contribution in [-0.4, -0.2) is 60.5 Å². The fourth-order valence-electron chi connectivity index (χ4n) is 3.82. The largest absolute Gasteiger partial charge is 0.459 e. The van der Waals surface area contributed by atoms with Gasteiger partial charge in [-0.05, 0) is 30.9 Å². The minimum absolute atomic E-state index is 0.440. The maximum absolute atomic E-state index is 13.4. The van der Waals surface area contributed by atoms with Crippen molar-refractivity contribution in [3.05, 3.63) is 53.2 Å². The predicted molar refractivity (Wildman–Crippen MR) is 115 cm³/mol. The lowest BCUT2D eigenvalue weighted by molar-refractivity contribution is -0.352. The van der Waals surface area contributed by atoms with Crippen molar-refractivity contribution < 1.29 is 49.9 Å². The molecule has 7 nitrogen and oxygen atoms in total. The molecule has 0 aromatic heterocycles. The molecule has 0 spiro atoms. The number of rotatable bonds is 6. The molecule has 3 amide bonds. The highest BCUT2D eigenvalue weighted by atomic mass is 19.4. The summed E-state index contributed by atoms with van der Waals surface area (Å²) in [4.78, 5) is 39.0. The Labute approximate surface area is 206 Å². The minimum atomic E-state index is -6.56. The van der Waals surface area contributed by atoms with E-state index in [2.05, 4.69) is 10.1 Å². The molecule has 1 aromatic rings. The van der Waals surface area contributed by atoms with Gasteiger partial charge in [0, 0.05) is 18.3 Å². The summed E-state index contributed by atoms with van der Waals surface area (Å²) in [5, 5.41) is 3.52. The van der Waals surface area contributed by atoms with Crippen LogP contribution in [0.15, 0.2) is 42.1 Å². The van der Waals surface area contributed by atoms with E-state index >= 15 is 0 Å². The van der Waals surface area contributed by atoms with Gasteiger partial charge in [0.05, 0.1) is 6.54 Å². The molecule has 2 N–H and O–H groups in total. The summed E-state index contributed by atoms with van der Waals surface area (Å²) in [5.74, 6) is -13.7. The number of amides is 3. The predicted octanol–water partition coefficient (Wildman–Crippen LogP) is 4.32. The number of fused-ring (bicyclic) bond motifs is 3. The van der Waals surface area contributed by atoms with Gasteiger partial charge < -0.3 is 20.3 Å². The van der Waals surface area contributed by atoms with Crippen LogP contribution in [-0.2, 0) is 14.3 Å². The van der Waals surface area contributed by atoms with Crippen molar-refractivity contribution in [2.75, 3.05) is 13.6 Å². The van der Waals surface area contributed by atoms with Crippen LogP contribution in [0.2, 0.25) is 0 Å². The maximum atomic E-state index is 13.4. The molecular formula is C23H22F7N3O4. The number of hydrogen-bond donors (Lipinski definition) is 2. The molecule has 2 atom stereocenters. The van der Waals surface area contributed by atoms with Crippen LogP contribution in [0.1, 0.15) is 36.9 Å². The topological polar surface area (TPSA) is 87.7 Å². The van der Waals surface area contributed by atoms with E-state index in [-0.39, 0.29) is 0 Å². The Kier molecular flexibility index (Phi) is 7.61. The van der Waals surface area contributed by atoms with E-state index in [9.17, 15) is 45.1 Å². The monoisotopic (exact) mass is 537 g/mol. The Morgan fingerprint density at radius 3 is 2.35 bits per heavy atom. The number of halogens is 7. The first-order valence-electron chi connectivity index (χ1n) is 10.9. The number of ether oxygens (including phenoxy) is 1. The first-order chi connectivity index (χ1) is 17.1. The maximum Gasteiger partial charge on any atom is 0.459 e. The second-order valence-electron chi connectivity index (χ2n) is 8.39. The zero-order chi connectivity index (χ0) is 27.8. The zero-order valence-corrected chi connectivity index (χ0v) is 19.5. The molecule has 0 unspecified atom stereocenters. The molecule has 1 aliphatic heterocycles. The molecule has 1 aromatic carbocycles. The quantitative estimate of drug-likeness (QED) is 0.530. The number of hydrogen-bond acceptors (Lipinski definition) is 4. The van der Waals surface area contributed by atoms with Crippen molar-refractivity contribution in [3.63, 3.8) is 0 Å². The number of alkyl halides is 7. The van der Waals surface area contributed by atoms with Crippen molar-refractivity contribution >= 4 is 23.5 Å². The van der Waals surface area contributed by atoms with Gasteiger partial charge in [-0.3, -0.25) is 9.59 Å². The Hall–Kier alpha value is -3.58. The van der Waals surface area contributed by atoms with Gasteiger partial charge in [-0.25, -0.2) is 4.79 Å². The second-order valence-corrected chi connectivity index (χ2v) is 8.39. The number of carbonyl (C=O) groups excluding carboxylic acids is 3. The number of allylic oxidation sites excluding steroid dienone is 3. The van der Waals surface area contributed by atoms with Crippen molar-refractivity contribution in [1.29, 1.82) is 0 Å². The molecule has 0 saturated carbocycles. The van der Waals surface area contributed by atoms with Gasteiger partial charge in [0.2, 0.25) is 0 Å². The summed E-state index contributed by atoms with van der Waals surface area (Å²) in [6.07, 6.45) is -4.87. The van der Waals surface area contributed by atoms with Gasteiger partial charge in [0.15, 0.2) is 6.10 Å². The number of nitrogens with zero attached hydrogens (tertiary/aromatic N) is 1. The number of carbonyl (C=O) groups is 3. The SMILES string of the molecule is C[C@H](OC(=O)NCC(F)(F)C(F)(F)C(F)(F)F)C(=O)N[C@@H]1C(=O)N(C)C2=CCCC=C2c2ccccc21. The number of nitrogens with one attached hydrogen (secondary N) is 2. The summed E-state index contributed by atoms with van der Waals surface area (Å²) in [7, 11) is 1.52. The minimum Gasteiger partial charge on any atom is -0.436 e. The van der Waals surface area contributed by atoms with Crippen LogP contribution in [0.5, 0.6) is 0 Å². The average molecular weight is 537 g/mol. The number of likely N-dealkylation sites (N-methyl/N-ethyl adjacent to an activating group) is 1. The molecule has 1 aliphatic carbocycles. The first kappa shape index (κ1) is 28.0. The number of alkyl carbamates (subject to hydrolysis) is 1. The molecule has 3 rings (SSSR count). The molecule has 2 aliphatic rings. The van der Waals surface area contributed by atoms with Crippen molar-refractivity contribution in [2.45, 2.75) is 49.9 Å².